The summed E-state index contributed by atoms with van der Waals surface area (Å²) in [6.07, 6.45) is 2.47. The third-order valence-electron chi connectivity index (χ3n) is 4.90. The molecule has 2 aromatic rings. The topological polar surface area (TPSA) is 42.5 Å². The van der Waals surface area contributed by atoms with Crippen molar-refractivity contribution in [1.82, 2.24) is 10.6 Å². The van der Waals surface area contributed by atoms with Gasteiger partial charge in [-0.05, 0) is 84.2 Å². The number of hydrogen-bond donors (Lipinski definition) is 2. The number of piperidine rings is 1. The van der Waals surface area contributed by atoms with Gasteiger partial charge in [0.05, 0.1) is 11.6 Å². The normalized spacial score (nSPS) is 14.9. The molecule has 0 bridgehead atoms. The number of benzene rings is 2. The molecule has 1 saturated heterocycles. The Balaban J connectivity index is 1.62. The Morgan fingerprint density at radius 2 is 1.96 bits per heavy atom. The average Bonchev–Trinajstić information content (AvgIpc) is 2.69. The van der Waals surface area contributed by atoms with E-state index in [0.29, 0.717) is 28.2 Å². The van der Waals surface area contributed by atoms with Crippen molar-refractivity contribution >= 4 is 39.1 Å². The fourth-order valence-electron chi connectivity index (χ4n) is 3.31. The number of methoxy groups -OCH3 is 1. The van der Waals surface area contributed by atoms with Crippen molar-refractivity contribution < 1.29 is 9.47 Å². The molecule has 1 fully saturated rings. The van der Waals surface area contributed by atoms with Crippen LogP contribution >= 0.6 is 39.1 Å². The number of hydrogen-bond acceptors (Lipinski definition) is 4. The van der Waals surface area contributed by atoms with Gasteiger partial charge >= 0.3 is 0 Å². The highest BCUT2D eigenvalue weighted by molar-refractivity contribution is 9.10. The van der Waals surface area contributed by atoms with Crippen LogP contribution < -0.4 is 20.1 Å². The molecule has 0 atom stereocenters. The molecule has 4 nitrogen and oxygen atoms in total. The van der Waals surface area contributed by atoms with E-state index in [0.717, 1.165) is 47.7 Å². The van der Waals surface area contributed by atoms with Crippen molar-refractivity contribution in [2.75, 3.05) is 26.7 Å². The lowest BCUT2D eigenvalue weighted by Gasteiger charge is -2.23. The van der Waals surface area contributed by atoms with Crippen molar-refractivity contribution in [2.45, 2.75) is 26.0 Å². The fourth-order valence-corrected chi connectivity index (χ4v) is 4.38. The summed E-state index contributed by atoms with van der Waals surface area (Å²) in [5, 5.41) is 8.16. The molecule has 1 heterocycles. The third kappa shape index (κ3) is 6.01. The first-order chi connectivity index (χ1) is 13.6. The Hall–Kier alpha value is -0.980. The summed E-state index contributed by atoms with van der Waals surface area (Å²) in [7, 11) is 1.65. The summed E-state index contributed by atoms with van der Waals surface area (Å²) in [6, 6.07) is 9.46. The van der Waals surface area contributed by atoms with Gasteiger partial charge in [-0.15, -0.1) is 0 Å². The van der Waals surface area contributed by atoms with Crippen molar-refractivity contribution in [3.8, 4) is 11.5 Å². The summed E-state index contributed by atoms with van der Waals surface area (Å²) >= 11 is 15.8. The van der Waals surface area contributed by atoms with Crippen LogP contribution in [0.1, 0.15) is 24.0 Å². The first kappa shape index (κ1) is 21.7. The zero-order valence-electron chi connectivity index (χ0n) is 15.9. The van der Waals surface area contributed by atoms with E-state index in [4.69, 9.17) is 32.7 Å². The van der Waals surface area contributed by atoms with Gasteiger partial charge in [-0.3, -0.25) is 0 Å². The van der Waals surface area contributed by atoms with Gasteiger partial charge in [-0.1, -0.05) is 29.3 Å². The first-order valence-corrected chi connectivity index (χ1v) is 11.0. The average molecular weight is 488 g/mol. The van der Waals surface area contributed by atoms with Crippen LogP contribution in [0.2, 0.25) is 10.0 Å². The summed E-state index contributed by atoms with van der Waals surface area (Å²) in [4.78, 5) is 0. The molecule has 152 valence electrons. The second kappa shape index (κ2) is 10.7. The molecule has 1 aliphatic rings. The maximum atomic E-state index is 6.24. The minimum absolute atomic E-state index is 0.332. The highest BCUT2D eigenvalue weighted by atomic mass is 79.9. The largest absolute Gasteiger partial charge is 0.493 e. The van der Waals surface area contributed by atoms with Gasteiger partial charge in [0.1, 0.15) is 6.61 Å². The monoisotopic (exact) mass is 486 g/mol. The van der Waals surface area contributed by atoms with E-state index in [9.17, 15) is 0 Å². The van der Waals surface area contributed by atoms with Crippen molar-refractivity contribution in [1.29, 1.82) is 0 Å². The molecule has 0 aromatic heterocycles. The quantitative estimate of drug-likeness (QED) is 0.520. The Morgan fingerprint density at radius 3 is 2.68 bits per heavy atom. The molecule has 0 saturated carbocycles. The zero-order chi connectivity index (χ0) is 19.9. The smallest absolute Gasteiger partial charge is 0.175 e. The lowest BCUT2D eigenvalue weighted by atomic mass is 9.98. The Morgan fingerprint density at radius 1 is 1.18 bits per heavy atom. The summed E-state index contributed by atoms with van der Waals surface area (Å²) in [6.45, 7) is 4.40. The van der Waals surface area contributed by atoms with Crippen LogP contribution in [-0.4, -0.2) is 26.7 Å². The molecule has 0 spiro atoms. The van der Waals surface area contributed by atoms with Crippen LogP contribution in [0, 0.1) is 5.92 Å². The maximum absolute atomic E-state index is 6.24. The summed E-state index contributed by atoms with van der Waals surface area (Å²) in [5.41, 5.74) is 2.02. The fraction of sp³-hybridized carbons (Fsp3) is 0.429. The van der Waals surface area contributed by atoms with Crippen molar-refractivity contribution in [2.24, 2.45) is 5.92 Å². The van der Waals surface area contributed by atoms with Gasteiger partial charge in [-0.25, -0.2) is 0 Å². The van der Waals surface area contributed by atoms with Crippen LogP contribution in [-0.2, 0) is 13.2 Å². The number of halogens is 3. The molecule has 0 amide bonds. The van der Waals surface area contributed by atoms with Crippen molar-refractivity contribution in [3.05, 3.63) is 56.0 Å². The molecule has 28 heavy (non-hydrogen) atoms. The first-order valence-electron chi connectivity index (χ1n) is 9.41. The number of rotatable bonds is 8. The van der Waals surface area contributed by atoms with Crippen LogP contribution in [0.5, 0.6) is 11.5 Å². The molecule has 2 aromatic carbocycles. The number of ether oxygens (including phenoxy) is 2. The minimum atomic E-state index is 0.332. The Kier molecular flexibility index (Phi) is 8.30. The minimum Gasteiger partial charge on any atom is -0.493 e. The zero-order valence-corrected chi connectivity index (χ0v) is 19.0. The van der Waals surface area contributed by atoms with Crippen LogP contribution in [0.4, 0.5) is 0 Å². The van der Waals surface area contributed by atoms with E-state index in [1.54, 1.807) is 19.2 Å². The predicted molar refractivity (Wildman–Crippen MR) is 119 cm³/mol. The van der Waals surface area contributed by atoms with E-state index in [2.05, 4.69) is 32.6 Å². The molecule has 0 aliphatic carbocycles. The molecule has 7 heteroatoms. The SMILES string of the molecule is COc1cc(CNCC2CCNCC2)cc(Br)c1OCc1ccc(Cl)cc1Cl. The van der Waals surface area contributed by atoms with Gasteiger partial charge in [-0.2, -0.15) is 0 Å². The predicted octanol–water partition coefficient (Wildman–Crippen LogP) is 5.43. The molecule has 1 aliphatic heterocycles. The molecule has 0 radical (unpaired) electrons. The number of nitrogens with one attached hydrogen (secondary N) is 2. The Labute approximate surface area is 185 Å². The second-order valence-electron chi connectivity index (χ2n) is 6.96. The van der Waals surface area contributed by atoms with E-state index >= 15 is 0 Å². The van der Waals surface area contributed by atoms with Gasteiger partial charge in [0.15, 0.2) is 11.5 Å². The molecular formula is C21H25BrCl2N2O2. The lowest BCUT2D eigenvalue weighted by molar-refractivity contribution is 0.282. The standard InChI is InChI=1S/C21H25BrCl2N2O2/c1-27-20-9-15(12-26-11-14-4-6-25-7-5-14)8-18(22)21(20)28-13-16-2-3-17(23)10-19(16)24/h2-3,8-10,14,25-26H,4-7,11-13H2,1H3. The van der Waals surface area contributed by atoms with Gasteiger partial charge in [0.2, 0.25) is 0 Å². The highest BCUT2D eigenvalue weighted by Gasteiger charge is 2.15. The molecule has 3 rings (SSSR count). The molecule has 0 unspecified atom stereocenters. The highest BCUT2D eigenvalue weighted by Crippen LogP contribution is 2.37. The maximum Gasteiger partial charge on any atom is 0.175 e. The van der Waals surface area contributed by atoms with Crippen LogP contribution in [0.15, 0.2) is 34.8 Å². The van der Waals surface area contributed by atoms with Crippen LogP contribution in [0.25, 0.3) is 0 Å². The molecule has 2 N–H and O–H groups in total. The van der Waals surface area contributed by atoms with Gasteiger partial charge in [0, 0.05) is 22.2 Å². The summed E-state index contributed by atoms with van der Waals surface area (Å²) in [5.74, 6) is 2.10. The van der Waals surface area contributed by atoms with Gasteiger partial charge in [0.25, 0.3) is 0 Å². The lowest BCUT2D eigenvalue weighted by Crippen LogP contribution is -2.33. The third-order valence-corrected chi connectivity index (χ3v) is 6.07. The van der Waals surface area contributed by atoms with E-state index in [1.807, 2.05) is 12.1 Å². The van der Waals surface area contributed by atoms with Crippen LogP contribution in [0.3, 0.4) is 0 Å². The van der Waals surface area contributed by atoms with E-state index in [-0.39, 0.29) is 0 Å². The van der Waals surface area contributed by atoms with E-state index in [1.165, 1.54) is 12.8 Å². The Bertz CT molecular complexity index is 798. The van der Waals surface area contributed by atoms with E-state index < -0.39 is 0 Å². The summed E-state index contributed by atoms with van der Waals surface area (Å²) < 4.78 is 12.4. The van der Waals surface area contributed by atoms with Crippen molar-refractivity contribution in [3.63, 3.8) is 0 Å². The second-order valence-corrected chi connectivity index (χ2v) is 8.66. The molecular weight excluding hydrogens is 463 g/mol. The van der Waals surface area contributed by atoms with Gasteiger partial charge < -0.3 is 20.1 Å².